The van der Waals surface area contributed by atoms with Crippen molar-refractivity contribution in [2.24, 2.45) is 0 Å². The summed E-state index contributed by atoms with van der Waals surface area (Å²) in [7, 11) is 1.56. The van der Waals surface area contributed by atoms with Gasteiger partial charge in [-0.15, -0.1) is 11.3 Å². The Hall–Kier alpha value is -2.78. The van der Waals surface area contributed by atoms with Gasteiger partial charge in [0.05, 0.1) is 16.4 Å². The fourth-order valence-corrected chi connectivity index (χ4v) is 4.55. The monoisotopic (exact) mass is 399 g/mol. The minimum Gasteiger partial charge on any atom is -0.393 e. The summed E-state index contributed by atoms with van der Waals surface area (Å²) in [5.41, 5.74) is 1.07. The van der Waals surface area contributed by atoms with E-state index in [0.717, 1.165) is 31.7 Å². The van der Waals surface area contributed by atoms with E-state index in [1.165, 1.54) is 11.3 Å². The molecule has 28 heavy (non-hydrogen) atoms. The van der Waals surface area contributed by atoms with Crippen LogP contribution in [0.25, 0.3) is 21.6 Å². The van der Waals surface area contributed by atoms with Crippen LogP contribution in [-0.4, -0.2) is 52.2 Å². The van der Waals surface area contributed by atoms with Gasteiger partial charge >= 0.3 is 0 Å². The number of amides is 1. The number of aryl methyl sites for hydroxylation is 1. The summed E-state index contributed by atoms with van der Waals surface area (Å²) >= 11 is 1.21. The normalized spacial score (nSPS) is 15.2. The Morgan fingerprint density at radius 2 is 2.11 bits per heavy atom. The molecule has 146 valence electrons. The molecule has 9 heteroatoms. The SMILES string of the molecule is CNC(=O)c1sc2nc(-c3ccc(N4CCC(O)CC4)nc3)[nH]c(=O)c2c1C. The average Bonchev–Trinajstić information content (AvgIpc) is 3.05. The molecule has 0 saturated carbocycles. The predicted octanol–water partition coefficient (Wildman–Crippen LogP) is 1.68. The maximum absolute atomic E-state index is 12.6. The molecule has 1 fully saturated rings. The van der Waals surface area contributed by atoms with Crippen LogP contribution in [0.5, 0.6) is 0 Å². The molecule has 0 bridgehead atoms. The van der Waals surface area contributed by atoms with Crippen molar-refractivity contribution in [1.29, 1.82) is 0 Å². The summed E-state index contributed by atoms with van der Waals surface area (Å²) < 4.78 is 0. The van der Waals surface area contributed by atoms with E-state index in [0.29, 0.717) is 32.0 Å². The van der Waals surface area contributed by atoms with Crippen molar-refractivity contribution in [3.63, 3.8) is 0 Å². The van der Waals surface area contributed by atoms with Gasteiger partial charge in [0.2, 0.25) is 0 Å². The Bertz CT molecular complexity index is 1080. The van der Waals surface area contributed by atoms with Gasteiger partial charge < -0.3 is 20.3 Å². The van der Waals surface area contributed by atoms with Gasteiger partial charge in [-0.05, 0) is 37.5 Å². The summed E-state index contributed by atoms with van der Waals surface area (Å²) in [5.74, 6) is 1.04. The van der Waals surface area contributed by atoms with Gasteiger partial charge in [-0.1, -0.05) is 0 Å². The molecular weight excluding hydrogens is 378 g/mol. The van der Waals surface area contributed by atoms with Crippen LogP contribution in [-0.2, 0) is 0 Å². The first kappa shape index (κ1) is 18.6. The topological polar surface area (TPSA) is 111 Å². The summed E-state index contributed by atoms with van der Waals surface area (Å²) in [5, 5.41) is 12.7. The molecule has 1 aliphatic heterocycles. The fourth-order valence-electron chi connectivity index (χ4n) is 3.42. The van der Waals surface area contributed by atoms with Crippen molar-refractivity contribution in [3.05, 3.63) is 39.1 Å². The number of carbonyl (C=O) groups excluding carboxylic acids is 1. The Morgan fingerprint density at radius 3 is 2.75 bits per heavy atom. The number of hydrogen-bond acceptors (Lipinski definition) is 7. The second-order valence-electron chi connectivity index (χ2n) is 6.85. The quantitative estimate of drug-likeness (QED) is 0.618. The van der Waals surface area contributed by atoms with Crippen molar-refractivity contribution >= 4 is 33.3 Å². The first-order valence-electron chi connectivity index (χ1n) is 9.13. The van der Waals surface area contributed by atoms with Gasteiger partial charge in [0.1, 0.15) is 16.5 Å². The maximum atomic E-state index is 12.6. The molecule has 4 heterocycles. The van der Waals surface area contributed by atoms with Crippen LogP contribution in [0.4, 0.5) is 5.82 Å². The zero-order valence-corrected chi connectivity index (χ0v) is 16.5. The van der Waals surface area contributed by atoms with Gasteiger partial charge in [-0.3, -0.25) is 9.59 Å². The van der Waals surface area contributed by atoms with Gasteiger partial charge in [-0.2, -0.15) is 0 Å². The van der Waals surface area contributed by atoms with Crippen molar-refractivity contribution in [3.8, 4) is 11.4 Å². The lowest BCUT2D eigenvalue weighted by atomic mass is 10.1. The first-order valence-corrected chi connectivity index (χ1v) is 9.94. The van der Waals surface area contributed by atoms with E-state index in [2.05, 4.69) is 25.2 Å². The highest BCUT2D eigenvalue weighted by Crippen LogP contribution is 2.28. The molecule has 1 saturated heterocycles. The van der Waals surface area contributed by atoms with Crippen LogP contribution >= 0.6 is 11.3 Å². The molecule has 0 aromatic carbocycles. The molecule has 0 atom stereocenters. The number of anilines is 1. The largest absolute Gasteiger partial charge is 0.393 e. The Balaban J connectivity index is 1.67. The number of carbonyl (C=O) groups is 1. The van der Waals surface area contributed by atoms with E-state index in [9.17, 15) is 14.7 Å². The molecule has 0 unspecified atom stereocenters. The van der Waals surface area contributed by atoms with Crippen LogP contribution < -0.4 is 15.8 Å². The predicted molar refractivity (Wildman–Crippen MR) is 109 cm³/mol. The first-order chi connectivity index (χ1) is 13.5. The highest BCUT2D eigenvalue weighted by Gasteiger charge is 2.20. The van der Waals surface area contributed by atoms with E-state index in [1.54, 1.807) is 20.2 Å². The number of piperidine rings is 1. The molecule has 1 aliphatic rings. The van der Waals surface area contributed by atoms with Crippen molar-refractivity contribution in [2.45, 2.75) is 25.9 Å². The number of pyridine rings is 1. The molecule has 0 aliphatic carbocycles. The molecule has 3 N–H and O–H groups in total. The molecule has 3 aromatic heterocycles. The van der Waals surface area contributed by atoms with Crippen LogP contribution in [0.15, 0.2) is 23.1 Å². The molecule has 8 nitrogen and oxygen atoms in total. The standard InChI is InChI=1S/C19H21N5O3S/c1-10-14-17(26)22-16(23-19(14)28-15(10)18(27)20-2)11-3-4-13(21-9-11)24-7-5-12(25)6-8-24/h3-4,9,12,25H,5-8H2,1-2H3,(H,20,27)(H,22,23,26). The maximum Gasteiger partial charge on any atom is 0.261 e. The average molecular weight is 399 g/mol. The lowest BCUT2D eigenvalue weighted by molar-refractivity contribution is 0.0966. The minimum absolute atomic E-state index is 0.223. The lowest BCUT2D eigenvalue weighted by Gasteiger charge is -2.30. The highest BCUT2D eigenvalue weighted by molar-refractivity contribution is 7.20. The second kappa shape index (κ2) is 7.33. The number of thiophene rings is 1. The van der Waals surface area contributed by atoms with Gasteiger partial charge in [0.25, 0.3) is 11.5 Å². The number of nitrogens with one attached hydrogen (secondary N) is 2. The Morgan fingerprint density at radius 1 is 1.36 bits per heavy atom. The van der Waals surface area contributed by atoms with Crippen molar-refractivity contribution in [2.75, 3.05) is 25.0 Å². The third kappa shape index (κ3) is 3.27. The number of rotatable bonds is 3. The molecule has 4 rings (SSSR count). The van der Waals surface area contributed by atoms with Gasteiger partial charge in [0, 0.05) is 31.9 Å². The van der Waals surface area contributed by atoms with E-state index >= 15 is 0 Å². The smallest absolute Gasteiger partial charge is 0.261 e. The number of H-pyrrole nitrogens is 1. The van der Waals surface area contributed by atoms with Crippen LogP contribution in [0.2, 0.25) is 0 Å². The van der Waals surface area contributed by atoms with Crippen LogP contribution in [0.3, 0.4) is 0 Å². The van der Waals surface area contributed by atoms with Crippen molar-refractivity contribution < 1.29 is 9.90 Å². The van der Waals surface area contributed by atoms with Crippen LogP contribution in [0, 0.1) is 6.92 Å². The molecule has 0 spiro atoms. The fraction of sp³-hybridized carbons (Fsp3) is 0.368. The van der Waals surface area contributed by atoms with E-state index < -0.39 is 0 Å². The Labute approximate surface area is 165 Å². The summed E-state index contributed by atoms with van der Waals surface area (Å²) in [6.07, 6.45) is 2.93. The molecule has 1 amide bonds. The number of hydrogen-bond donors (Lipinski definition) is 3. The number of aromatic amines is 1. The number of nitrogens with zero attached hydrogens (tertiary/aromatic N) is 3. The number of fused-ring (bicyclic) bond motifs is 1. The third-order valence-corrected chi connectivity index (χ3v) is 6.23. The van der Waals surface area contributed by atoms with Crippen molar-refractivity contribution in [1.82, 2.24) is 20.3 Å². The van der Waals surface area contributed by atoms with Crippen LogP contribution in [0.1, 0.15) is 28.1 Å². The lowest BCUT2D eigenvalue weighted by Crippen LogP contribution is -2.36. The summed E-state index contributed by atoms with van der Waals surface area (Å²) in [4.78, 5) is 39.6. The zero-order valence-electron chi connectivity index (χ0n) is 15.7. The molecular formula is C19H21N5O3S. The number of aliphatic hydroxyl groups excluding tert-OH is 1. The molecule has 3 aromatic rings. The number of aliphatic hydroxyl groups is 1. The zero-order chi connectivity index (χ0) is 19.8. The second-order valence-corrected chi connectivity index (χ2v) is 7.85. The van der Waals surface area contributed by atoms with Gasteiger partial charge in [-0.25, -0.2) is 9.97 Å². The van der Waals surface area contributed by atoms with E-state index in [1.807, 2.05) is 12.1 Å². The highest BCUT2D eigenvalue weighted by atomic mass is 32.1. The third-order valence-electron chi connectivity index (χ3n) is 5.04. The van der Waals surface area contributed by atoms with Gasteiger partial charge in [0.15, 0.2) is 0 Å². The van der Waals surface area contributed by atoms with E-state index in [-0.39, 0.29) is 17.6 Å². The summed E-state index contributed by atoms with van der Waals surface area (Å²) in [6, 6.07) is 3.77. The summed E-state index contributed by atoms with van der Waals surface area (Å²) in [6.45, 7) is 3.29. The molecule has 0 radical (unpaired) electrons. The van der Waals surface area contributed by atoms with E-state index in [4.69, 9.17) is 0 Å². The Kier molecular flexibility index (Phi) is 4.86. The minimum atomic E-state index is -0.266. The number of aromatic nitrogens is 3.